The van der Waals surface area contributed by atoms with Gasteiger partial charge in [-0.15, -0.1) is 0 Å². The molecule has 17 heavy (non-hydrogen) atoms. The molecule has 6 heteroatoms. The molecule has 1 aromatic rings. The van der Waals surface area contributed by atoms with Gasteiger partial charge in [0.25, 0.3) is 0 Å². The topological polar surface area (TPSA) is 70.6 Å². The van der Waals surface area contributed by atoms with Crippen LogP contribution in [0.5, 0.6) is 0 Å². The Bertz CT molecular complexity index is 495. The lowest BCUT2D eigenvalue weighted by molar-refractivity contribution is -0.135. The fourth-order valence-corrected chi connectivity index (χ4v) is 1.46. The van der Waals surface area contributed by atoms with Gasteiger partial charge in [-0.25, -0.2) is 9.38 Å². The van der Waals surface area contributed by atoms with Crippen molar-refractivity contribution < 1.29 is 14.0 Å². The highest BCUT2D eigenvalue weighted by Gasteiger charge is 2.25. The van der Waals surface area contributed by atoms with E-state index in [1.165, 1.54) is 12.1 Å². The molecule has 0 radical (unpaired) electrons. The molecule has 1 fully saturated rings. The van der Waals surface area contributed by atoms with Gasteiger partial charge in [0.05, 0.1) is 6.04 Å². The summed E-state index contributed by atoms with van der Waals surface area (Å²) in [7, 11) is 0. The van der Waals surface area contributed by atoms with E-state index in [0.717, 1.165) is 0 Å². The summed E-state index contributed by atoms with van der Waals surface area (Å²) in [5.74, 6) is -1.74. The molecule has 1 aliphatic rings. The molecule has 2 rings (SSSR count). The van der Waals surface area contributed by atoms with Crippen LogP contribution in [0.1, 0.15) is 18.5 Å². The van der Waals surface area contributed by atoms with E-state index in [2.05, 4.69) is 15.6 Å². The van der Waals surface area contributed by atoms with Gasteiger partial charge < -0.3 is 0 Å². The minimum absolute atomic E-state index is 0.0942. The van der Waals surface area contributed by atoms with E-state index >= 15 is 0 Å². The Hall–Kier alpha value is -2.24. The van der Waals surface area contributed by atoms with E-state index in [0.29, 0.717) is 5.56 Å². The number of aliphatic imine (C=N–C) groups is 1. The zero-order chi connectivity index (χ0) is 12.4. The van der Waals surface area contributed by atoms with Crippen molar-refractivity contribution in [2.45, 2.75) is 13.0 Å². The second-order valence-corrected chi connectivity index (χ2v) is 3.62. The molecule has 0 saturated carbocycles. The lowest BCUT2D eigenvalue weighted by atomic mass is 10.1. The third-order valence-corrected chi connectivity index (χ3v) is 2.32. The Kier molecular flexibility index (Phi) is 2.86. The summed E-state index contributed by atoms with van der Waals surface area (Å²) >= 11 is 0. The molecule has 1 heterocycles. The summed E-state index contributed by atoms with van der Waals surface area (Å²) < 4.78 is 13.0. The highest BCUT2D eigenvalue weighted by Crippen LogP contribution is 2.17. The van der Waals surface area contributed by atoms with Gasteiger partial charge in [0, 0.05) is 0 Å². The number of amides is 2. The molecular formula is C11H10FN3O2. The Labute approximate surface area is 96.7 Å². The predicted molar refractivity (Wildman–Crippen MR) is 58.5 cm³/mol. The van der Waals surface area contributed by atoms with Crippen molar-refractivity contribution in [3.05, 3.63) is 35.6 Å². The minimum Gasteiger partial charge on any atom is -0.288 e. The number of carbonyl (C=O) groups excluding carboxylic acids is 2. The maximum atomic E-state index is 13.0. The second kappa shape index (κ2) is 4.32. The predicted octanol–water partition coefficient (Wildman–Crippen LogP) is 0.489. The van der Waals surface area contributed by atoms with Gasteiger partial charge >= 0.3 is 11.8 Å². The van der Waals surface area contributed by atoms with Crippen molar-refractivity contribution in [2.24, 2.45) is 4.99 Å². The lowest BCUT2D eigenvalue weighted by Gasteiger charge is -2.07. The molecule has 88 valence electrons. The minimum atomic E-state index is -0.741. The van der Waals surface area contributed by atoms with Crippen LogP contribution in [0.3, 0.4) is 0 Å². The van der Waals surface area contributed by atoms with Crippen LogP contribution in [0.2, 0.25) is 0 Å². The maximum absolute atomic E-state index is 13.0. The molecular weight excluding hydrogens is 225 g/mol. The smallest absolute Gasteiger partial charge is 0.288 e. The molecule has 0 aromatic heterocycles. The average Bonchev–Trinajstić information content (AvgIpc) is 2.58. The summed E-state index contributed by atoms with van der Waals surface area (Å²) in [4.78, 5) is 25.9. The number of guanidine groups is 1. The van der Waals surface area contributed by atoms with Crippen molar-refractivity contribution in [3.63, 3.8) is 0 Å². The van der Waals surface area contributed by atoms with Crippen LogP contribution in [0.25, 0.3) is 0 Å². The van der Waals surface area contributed by atoms with Crippen LogP contribution < -0.4 is 10.6 Å². The van der Waals surface area contributed by atoms with Crippen molar-refractivity contribution in [1.82, 2.24) is 10.6 Å². The number of halogens is 1. The first-order valence-corrected chi connectivity index (χ1v) is 5.02. The van der Waals surface area contributed by atoms with Gasteiger partial charge in [-0.1, -0.05) is 12.1 Å². The first-order chi connectivity index (χ1) is 8.06. The normalized spacial score (nSPS) is 16.5. The number of nitrogens with one attached hydrogen (secondary N) is 2. The van der Waals surface area contributed by atoms with E-state index in [1.807, 2.05) is 0 Å². The van der Waals surface area contributed by atoms with Gasteiger partial charge in [0.15, 0.2) is 0 Å². The van der Waals surface area contributed by atoms with Gasteiger partial charge in [-0.05, 0) is 24.6 Å². The zero-order valence-corrected chi connectivity index (χ0v) is 9.03. The van der Waals surface area contributed by atoms with E-state index < -0.39 is 11.8 Å². The Morgan fingerprint density at radius 2 is 1.88 bits per heavy atom. The quantitative estimate of drug-likeness (QED) is 0.732. The molecule has 2 amide bonds. The van der Waals surface area contributed by atoms with Crippen LogP contribution >= 0.6 is 0 Å². The summed E-state index contributed by atoms with van der Waals surface area (Å²) in [5.41, 5.74) is 0.660. The largest absolute Gasteiger partial charge is 0.316 e. The van der Waals surface area contributed by atoms with Crippen molar-refractivity contribution in [1.29, 1.82) is 0 Å². The van der Waals surface area contributed by atoms with Crippen LogP contribution in [-0.4, -0.2) is 17.8 Å². The number of hydrogen-bond donors (Lipinski definition) is 2. The van der Waals surface area contributed by atoms with E-state index in [1.54, 1.807) is 19.1 Å². The molecule has 1 atom stereocenters. The van der Waals surface area contributed by atoms with Crippen LogP contribution in [0.4, 0.5) is 4.39 Å². The summed E-state index contributed by atoms with van der Waals surface area (Å²) in [6, 6.07) is 5.62. The van der Waals surface area contributed by atoms with Gasteiger partial charge in [-0.3, -0.25) is 20.2 Å². The fraction of sp³-hybridized carbons (Fsp3) is 0.182. The Morgan fingerprint density at radius 3 is 2.47 bits per heavy atom. The fourth-order valence-electron chi connectivity index (χ4n) is 1.46. The number of carbonyl (C=O) groups is 2. The first-order valence-electron chi connectivity index (χ1n) is 5.02. The average molecular weight is 235 g/mol. The van der Waals surface area contributed by atoms with Crippen molar-refractivity contribution in [2.75, 3.05) is 0 Å². The summed E-state index contributed by atoms with van der Waals surface area (Å²) in [6.45, 7) is 1.73. The molecule has 5 nitrogen and oxygen atoms in total. The van der Waals surface area contributed by atoms with E-state index in [4.69, 9.17) is 0 Å². The molecule has 0 spiro atoms. The lowest BCUT2D eigenvalue weighted by Crippen LogP contribution is -2.26. The zero-order valence-electron chi connectivity index (χ0n) is 9.03. The van der Waals surface area contributed by atoms with Crippen LogP contribution in [0.15, 0.2) is 29.3 Å². The molecule has 1 aliphatic heterocycles. The SMILES string of the molecule is CC(N=C1NC(=O)C(=O)N1)c1cccc(F)c1. The van der Waals surface area contributed by atoms with Gasteiger partial charge in [0.2, 0.25) is 5.96 Å². The summed E-state index contributed by atoms with van der Waals surface area (Å²) in [6.07, 6.45) is 0. The van der Waals surface area contributed by atoms with Crippen molar-refractivity contribution in [3.8, 4) is 0 Å². The molecule has 1 unspecified atom stereocenters. The highest BCUT2D eigenvalue weighted by atomic mass is 19.1. The van der Waals surface area contributed by atoms with E-state index in [9.17, 15) is 14.0 Å². The number of nitrogens with zero attached hydrogens (tertiary/aromatic N) is 1. The molecule has 1 aromatic carbocycles. The standard InChI is InChI=1S/C11H10FN3O2/c1-6(7-3-2-4-8(12)5-7)13-11-14-9(16)10(17)15-11/h2-6H,1H3,(H2,13,14,15,16,17). The number of rotatable bonds is 2. The van der Waals surface area contributed by atoms with Gasteiger partial charge in [0.1, 0.15) is 5.82 Å². The Morgan fingerprint density at radius 1 is 1.24 bits per heavy atom. The van der Waals surface area contributed by atoms with E-state index in [-0.39, 0.29) is 17.8 Å². The second-order valence-electron chi connectivity index (χ2n) is 3.62. The number of benzene rings is 1. The third-order valence-electron chi connectivity index (χ3n) is 2.32. The third kappa shape index (κ3) is 2.47. The summed E-state index contributed by atoms with van der Waals surface area (Å²) in [5, 5.41) is 4.55. The number of hydrogen-bond acceptors (Lipinski definition) is 3. The van der Waals surface area contributed by atoms with Crippen LogP contribution in [-0.2, 0) is 9.59 Å². The van der Waals surface area contributed by atoms with Crippen LogP contribution in [0, 0.1) is 5.82 Å². The van der Waals surface area contributed by atoms with Gasteiger partial charge in [-0.2, -0.15) is 0 Å². The monoisotopic (exact) mass is 235 g/mol. The molecule has 2 N–H and O–H groups in total. The highest BCUT2D eigenvalue weighted by molar-refractivity contribution is 6.45. The first kappa shape index (κ1) is 11.3. The molecule has 0 aliphatic carbocycles. The molecule has 1 saturated heterocycles. The van der Waals surface area contributed by atoms with Crippen molar-refractivity contribution >= 4 is 17.8 Å². The molecule has 0 bridgehead atoms. The maximum Gasteiger partial charge on any atom is 0.316 e. The Balaban J connectivity index is 2.17.